The molecular weight excluding hydrogens is 372 g/mol. The van der Waals surface area contributed by atoms with E-state index in [2.05, 4.69) is 6.92 Å². The van der Waals surface area contributed by atoms with Crippen LogP contribution in [0.5, 0.6) is 0 Å². The zero-order chi connectivity index (χ0) is 20.7. The molecule has 2 bridgehead atoms. The predicted octanol–water partition coefficient (Wildman–Crippen LogP) is 2.72. The summed E-state index contributed by atoms with van der Waals surface area (Å²) in [6.45, 7) is 5.79. The quantitative estimate of drug-likeness (QED) is 0.660. The Morgan fingerprint density at radius 2 is 1.93 bits per heavy atom. The van der Waals surface area contributed by atoms with Gasteiger partial charge in [-0.25, -0.2) is 0 Å². The van der Waals surface area contributed by atoms with E-state index < -0.39 is 16.7 Å². The lowest BCUT2D eigenvalue weighted by Crippen LogP contribution is -2.62. The highest BCUT2D eigenvalue weighted by Crippen LogP contribution is 2.67. The van der Waals surface area contributed by atoms with Gasteiger partial charge in [-0.2, -0.15) is 0 Å². The molecule has 6 heteroatoms. The van der Waals surface area contributed by atoms with Gasteiger partial charge in [0, 0.05) is 30.6 Å². The SMILES string of the molecule is CC(=O)O[C@H]1CC[C@]23COC(=O)[C@H]2[C@](C)([C@@H]2C(=O)C4CC2[C@H](C)C4)C(=O)C[C@H]3C1. The minimum Gasteiger partial charge on any atom is -0.465 e. The molecule has 1 saturated heterocycles. The summed E-state index contributed by atoms with van der Waals surface area (Å²) in [5, 5.41) is 0. The standard InChI is InChI=1S/C23H30O6/c1-11-6-13-7-16(11)18(19(13)26)22(3)17(25)9-14-8-15(29-12(2)24)4-5-23(14)10-28-21(27)20(22)23/h11,13-16,18,20H,4-10H2,1-3H3/t11-,13?,14-,15+,16?,18+,20+,22+,23-/m1/s1. The van der Waals surface area contributed by atoms with Gasteiger partial charge in [0.05, 0.1) is 17.9 Å². The first kappa shape index (κ1) is 19.3. The average molecular weight is 402 g/mol. The van der Waals surface area contributed by atoms with Crippen molar-refractivity contribution in [1.82, 2.24) is 0 Å². The fraction of sp³-hybridized carbons (Fsp3) is 0.826. The second-order valence-corrected chi connectivity index (χ2v) is 10.6. The van der Waals surface area contributed by atoms with Gasteiger partial charge in [0.15, 0.2) is 0 Å². The zero-order valence-corrected chi connectivity index (χ0v) is 17.4. The van der Waals surface area contributed by atoms with Gasteiger partial charge in [-0.15, -0.1) is 0 Å². The highest BCUT2D eigenvalue weighted by Gasteiger charge is 2.73. The molecule has 5 fully saturated rings. The van der Waals surface area contributed by atoms with Crippen molar-refractivity contribution in [2.24, 2.45) is 46.3 Å². The topological polar surface area (TPSA) is 86.7 Å². The smallest absolute Gasteiger partial charge is 0.310 e. The van der Waals surface area contributed by atoms with Gasteiger partial charge in [-0.05, 0) is 49.9 Å². The molecule has 9 atom stereocenters. The van der Waals surface area contributed by atoms with Crippen molar-refractivity contribution in [3.63, 3.8) is 0 Å². The van der Waals surface area contributed by atoms with Crippen LogP contribution in [-0.2, 0) is 28.7 Å². The van der Waals surface area contributed by atoms with E-state index >= 15 is 0 Å². The number of ketones is 2. The van der Waals surface area contributed by atoms with Crippen LogP contribution in [0.1, 0.15) is 59.3 Å². The zero-order valence-electron chi connectivity index (χ0n) is 17.4. The van der Waals surface area contributed by atoms with Crippen LogP contribution in [-0.4, -0.2) is 36.2 Å². The number of esters is 2. The summed E-state index contributed by atoms with van der Waals surface area (Å²) in [5.41, 5.74) is -1.38. The van der Waals surface area contributed by atoms with E-state index in [0.29, 0.717) is 38.2 Å². The number of fused-ring (bicyclic) bond motifs is 2. The lowest BCUT2D eigenvalue weighted by Gasteiger charge is -2.56. The molecule has 1 spiro atoms. The minimum absolute atomic E-state index is 0.0311. The van der Waals surface area contributed by atoms with Crippen LogP contribution < -0.4 is 0 Å². The molecule has 0 N–H and O–H groups in total. The van der Waals surface area contributed by atoms with E-state index in [1.54, 1.807) is 0 Å². The molecule has 1 heterocycles. The third-order valence-corrected chi connectivity index (χ3v) is 9.28. The van der Waals surface area contributed by atoms with Crippen molar-refractivity contribution in [2.75, 3.05) is 6.61 Å². The first-order valence-corrected chi connectivity index (χ1v) is 11.1. The number of hydrogen-bond acceptors (Lipinski definition) is 6. The van der Waals surface area contributed by atoms with Crippen molar-refractivity contribution in [2.45, 2.75) is 65.4 Å². The summed E-state index contributed by atoms with van der Waals surface area (Å²) >= 11 is 0. The number of carbonyl (C=O) groups excluding carboxylic acids is 4. The van der Waals surface area contributed by atoms with Gasteiger partial charge in [-0.1, -0.05) is 13.8 Å². The fourth-order valence-corrected chi connectivity index (χ4v) is 8.09. The molecular formula is C23H30O6. The Kier molecular flexibility index (Phi) is 4.08. The first-order chi connectivity index (χ1) is 13.7. The van der Waals surface area contributed by atoms with Crippen molar-refractivity contribution >= 4 is 23.5 Å². The normalized spacial score (nSPS) is 50.9. The fourth-order valence-electron chi connectivity index (χ4n) is 8.09. The van der Waals surface area contributed by atoms with Crippen LogP contribution >= 0.6 is 0 Å². The highest BCUT2D eigenvalue weighted by atomic mass is 16.5. The highest BCUT2D eigenvalue weighted by molar-refractivity contribution is 6.00. The number of ether oxygens (including phenoxy) is 2. The summed E-state index contributed by atoms with van der Waals surface area (Å²) in [5.74, 6) is -0.675. The number of cyclic esters (lactones) is 1. The van der Waals surface area contributed by atoms with Gasteiger partial charge in [0.1, 0.15) is 17.7 Å². The Balaban J connectivity index is 1.53. The molecule has 29 heavy (non-hydrogen) atoms. The molecule has 158 valence electrons. The van der Waals surface area contributed by atoms with Gasteiger partial charge >= 0.3 is 11.9 Å². The Bertz CT molecular complexity index is 803. The summed E-state index contributed by atoms with van der Waals surface area (Å²) in [7, 11) is 0. The van der Waals surface area contributed by atoms with E-state index in [0.717, 1.165) is 12.8 Å². The number of carbonyl (C=O) groups is 4. The molecule has 6 nitrogen and oxygen atoms in total. The van der Waals surface area contributed by atoms with Crippen molar-refractivity contribution in [3.05, 3.63) is 0 Å². The lowest BCUT2D eigenvalue weighted by molar-refractivity contribution is -0.175. The van der Waals surface area contributed by atoms with E-state index in [9.17, 15) is 19.2 Å². The van der Waals surface area contributed by atoms with Crippen LogP contribution in [0, 0.1) is 46.3 Å². The van der Waals surface area contributed by atoms with Crippen LogP contribution in [0.2, 0.25) is 0 Å². The summed E-state index contributed by atoms with van der Waals surface area (Å²) in [6, 6.07) is 0. The van der Waals surface area contributed by atoms with Crippen LogP contribution in [0.25, 0.3) is 0 Å². The molecule has 4 aliphatic carbocycles. The molecule has 2 unspecified atom stereocenters. The van der Waals surface area contributed by atoms with E-state index in [1.165, 1.54) is 6.92 Å². The van der Waals surface area contributed by atoms with E-state index in [4.69, 9.17) is 9.47 Å². The van der Waals surface area contributed by atoms with Gasteiger partial charge in [0.2, 0.25) is 0 Å². The third kappa shape index (κ3) is 2.40. The molecule has 0 aromatic rings. The van der Waals surface area contributed by atoms with Crippen molar-refractivity contribution in [1.29, 1.82) is 0 Å². The first-order valence-electron chi connectivity index (χ1n) is 11.1. The Labute approximate surface area is 171 Å². The monoisotopic (exact) mass is 402 g/mol. The molecule has 0 radical (unpaired) electrons. The molecule has 0 aromatic heterocycles. The van der Waals surface area contributed by atoms with Gasteiger partial charge in [-0.3, -0.25) is 19.2 Å². The van der Waals surface area contributed by atoms with Gasteiger partial charge in [0.25, 0.3) is 0 Å². The third-order valence-electron chi connectivity index (χ3n) is 9.28. The van der Waals surface area contributed by atoms with Crippen LogP contribution in [0.4, 0.5) is 0 Å². The maximum atomic E-state index is 13.6. The second kappa shape index (κ2) is 6.14. The van der Waals surface area contributed by atoms with Crippen LogP contribution in [0.15, 0.2) is 0 Å². The number of Topliss-reactive ketones (excluding diaryl/α,β-unsaturated/α-hetero) is 2. The molecule has 4 saturated carbocycles. The molecule has 1 aliphatic heterocycles. The number of hydrogen-bond donors (Lipinski definition) is 0. The predicted molar refractivity (Wildman–Crippen MR) is 101 cm³/mol. The second-order valence-electron chi connectivity index (χ2n) is 10.6. The maximum Gasteiger partial charge on any atom is 0.310 e. The maximum absolute atomic E-state index is 13.6. The molecule has 5 aliphatic rings. The van der Waals surface area contributed by atoms with Crippen molar-refractivity contribution < 1.29 is 28.7 Å². The van der Waals surface area contributed by atoms with Crippen molar-refractivity contribution in [3.8, 4) is 0 Å². The van der Waals surface area contributed by atoms with Crippen LogP contribution in [0.3, 0.4) is 0 Å². The number of rotatable bonds is 2. The van der Waals surface area contributed by atoms with Gasteiger partial charge < -0.3 is 9.47 Å². The van der Waals surface area contributed by atoms with E-state index in [1.807, 2.05) is 6.92 Å². The summed E-state index contributed by atoms with van der Waals surface area (Å²) in [4.78, 5) is 51.3. The largest absolute Gasteiger partial charge is 0.465 e. The Morgan fingerprint density at radius 1 is 1.17 bits per heavy atom. The molecule has 5 rings (SSSR count). The molecule has 0 amide bonds. The Hall–Kier alpha value is -1.72. The summed E-state index contributed by atoms with van der Waals surface area (Å²) in [6.07, 6.45) is 3.87. The average Bonchev–Trinajstić information content (AvgIpc) is 3.28. The molecule has 0 aromatic carbocycles. The Morgan fingerprint density at radius 3 is 2.62 bits per heavy atom. The van der Waals surface area contributed by atoms with E-state index in [-0.39, 0.29) is 53.3 Å². The minimum atomic E-state index is -0.969. The summed E-state index contributed by atoms with van der Waals surface area (Å²) < 4.78 is 11.1. The lowest BCUT2D eigenvalue weighted by atomic mass is 9.44.